The molecule has 1 heterocycles. The van der Waals surface area contributed by atoms with Crippen molar-refractivity contribution in [1.29, 1.82) is 0 Å². The molecular weight excluding hydrogens is 280 g/mol. The SMILES string of the molecule is O=C1C2=C(CCCC2)C(=O)N1c1ccc2c(c1)/C(=N\O)CC2. The number of carbonyl (C=O) groups is 2. The van der Waals surface area contributed by atoms with E-state index in [0.29, 0.717) is 41.8 Å². The van der Waals surface area contributed by atoms with E-state index in [9.17, 15) is 9.59 Å². The minimum Gasteiger partial charge on any atom is -0.411 e. The first-order valence-electron chi connectivity index (χ1n) is 7.65. The van der Waals surface area contributed by atoms with Gasteiger partial charge in [0.15, 0.2) is 0 Å². The van der Waals surface area contributed by atoms with E-state index in [-0.39, 0.29) is 11.8 Å². The normalized spacial score (nSPS) is 22.5. The van der Waals surface area contributed by atoms with Gasteiger partial charge in [0, 0.05) is 16.7 Å². The number of fused-ring (bicyclic) bond motifs is 1. The van der Waals surface area contributed by atoms with Gasteiger partial charge in [-0.15, -0.1) is 0 Å². The number of imide groups is 1. The van der Waals surface area contributed by atoms with E-state index < -0.39 is 0 Å². The van der Waals surface area contributed by atoms with Crippen LogP contribution in [0.3, 0.4) is 0 Å². The van der Waals surface area contributed by atoms with Gasteiger partial charge in [-0.05, 0) is 56.2 Å². The highest BCUT2D eigenvalue weighted by molar-refractivity contribution is 6.33. The number of benzene rings is 1. The summed E-state index contributed by atoms with van der Waals surface area (Å²) in [5.41, 5.74) is 4.50. The first-order chi connectivity index (χ1) is 10.7. The Balaban J connectivity index is 1.75. The molecule has 0 saturated carbocycles. The van der Waals surface area contributed by atoms with E-state index in [4.69, 9.17) is 5.21 Å². The van der Waals surface area contributed by atoms with E-state index >= 15 is 0 Å². The predicted octanol–water partition coefficient (Wildman–Crippen LogP) is 2.55. The molecule has 0 unspecified atom stereocenters. The van der Waals surface area contributed by atoms with Crippen molar-refractivity contribution in [2.24, 2.45) is 5.16 Å². The summed E-state index contributed by atoms with van der Waals surface area (Å²) in [4.78, 5) is 26.4. The average Bonchev–Trinajstić information content (AvgIpc) is 3.07. The second-order valence-corrected chi connectivity index (χ2v) is 6.00. The maximum absolute atomic E-state index is 12.6. The molecule has 2 aliphatic carbocycles. The second kappa shape index (κ2) is 4.80. The van der Waals surface area contributed by atoms with Crippen LogP contribution in [0.25, 0.3) is 0 Å². The lowest BCUT2D eigenvalue weighted by molar-refractivity contribution is -0.120. The second-order valence-electron chi connectivity index (χ2n) is 6.00. The standard InChI is InChI=1S/C17H16N2O3/c20-16-12-3-1-2-4-13(12)17(21)19(16)11-7-5-10-6-8-15(18-22)14(10)9-11/h5,7,9,22H,1-4,6,8H2/b18-15-. The molecule has 0 spiro atoms. The molecule has 22 heavy (non-hydrogen) atoms. The molecule has 4 rings (SSSR count). The Hall–Kier alpha value is -2.43. The molecule has 1 aliphatic heterocycles. The van der Waals surface area contributed by atoms with Gasteiger partial charge in [-0.3, -0.25) is 9.59 Å². The molecule has 0 aromatic heterocycles. The molecule has 1 aromatic carbocycles. The maximum Gasteiger partial charge on any atom is 0.261 e. The molecule has 0 radical (unpaired) electrons. The lowest BCUT2D eigenvalue weighted by Crippen LogP contribution is -2.31. The topological polar surface area (TPSA) is 70.0 Å². The fourth-order valence-electron chi connectivity index (χ4n) is 3.66. The van der Waals surface area contributed by atoms with Crippen molar-refractivity contribution in [3.63, 3.8) is 0 Å². The van der Waals surface area contributed by atoms with Crippen molar-refractivity contribution in [3.8, 4) is 0 Å². The zero-order valence-electron chi connectivity index (χ0n) is 12.1. The molecule has 0 atom stereocenters. The highest BCUT2D eigenvalue weighted by Crippen LogP contribution is 2.37. The van der Waals surface area contributed by atoms with E-state index in [1.807, 2.05) is 12.1 Å². The third-order valence-electron chi connectivity index (χ3n) is 4.80. The summed E-state index contributed by atoms with van der Waals surface area (Å²) in [5, 5.41) is 12.4. The Morgan fingerprint density at radius 2 is 1.64 bits per heavy atom. The van der Waals surface area contributed by atoms with Crippen LogP contribution in [0.1, 0.15) is 43.2 Å². The van der Waals surface area contributed by atoms with Gasteiger partial charge in [0.25, 0.3) is 11.8 Å². The fourth-order valence-corrected chi connectivity index (χ4v) is 3.66. The van der Waals surface area contributed by atoms with Gasteiger partial charge in [-0.1, -0.05) is 11.2 Å². The summed E-state index contributed by atoms with van der Waals surface area (Å²) >= 11 is 0. The number of hydrogen-bond acceptors (Lipinski definition) is 4. The van der Waals surface area contributed by atoms with E-state index in [1.54, 1.807) is 6.07 Å². The van der Waals surface area contributed by atoms with Crippen molar-refractivity contribution in [3.05, 3.63) is 40.5 Å². The molecule has 112 valence electrons. The van der Waals surface area contributed by atoms with Crippen LogP contribution in [0.2, 0.25) is 0 Å². The third kappa shape index (κ3) is 1.75. The Morgan fingerprint density at radius 1 is 0.955 bits per heavy atom. The first kappa shape index (κ1) is 13.2. The first-order valence-corrected chi connectivity index (χ1v) is 7.65. The van der Waals surface area contributed by atoms with Gasteiger partial charge >= 0.3 is 0 Å². The minimum atomic E-state index is -0.180. The highest BCUT2D eigenvalue weighted by Gasteiger charge is 2.40. The van der Waals surface area contributed by atoms with E-state index in [0.717, 1.165) is 30.4 Å². The van der Waals surface area contributed by atoms with Gasteiger partial charge in [0.2, 0.25) is 0 Å². The van der Waals surface area contributed by atoms with E-state index in [2.05, 4.69) is 5.16 Å². The van der Waals surface area contributed by atoms with Gasteiger partial charge in [-0.2, -0.15) is 0 Å². The van der Waals surface area contributed by atoms with Crippen LogP contribution < -0.4 is 4.90 Å². The number of anilines is 1. The van der Waals surface area contributed by atoms with Crippen molar-refractivity contribution >= 4 is 23.2 Å². The van der Waals surface area contributed by atoms with Gasteiger partial charge in [0.1, 0.15) is 0 Å². The van der Waals surface area contributed by atoms with Crippen molar-refractivity contribution in [1.82, 2.24) is 0 Å². The average molecular weight is 296 g/mol. The maximum atomic E-state index is 12.6. The molecule has 0 bridgehead atoms. The fraction of sp³-hybridized carbons (Fsp3) is 0.353. The Labute approximate surface area is 127 Å². The van der Waals surface area contributed by atoms with Crippen LogP contribution >= 0.6 is 0 Å². The number of amides is 2. The summed E-state index contributed by atoms with van der Waals surface area (Å²) < 4.78 is 0. The largest absolute Gasteiger partial charge is 0.411 e. The zero-order valence-corrected chi connectivity index (χ0v) is 12.1. The van der Waals surface area contributed by atoms with Crippen LogP contribution in [0.5, 0.6) is 0 Å². The number of hydrogen-bond donors (Lipinski definition) is 1. The van der Waals surface area contributed by atoms with Crippen molar-refractivity contribution < 1.29 is 14.8 Å². The highest BCUT2D eigenvalue weighted by atomic mass is 16.4. The number of nitrogens with zero attached hydrogens (tertiary/aromatic N) is 2. The van der Waals surface area contributed by atoms with Crippen LogP contribution in [0.15, 0.2) is 34.5 Å². The molecule has 1 N–H and O–H groups in total. The molecule has 1 aromatic rings. The predicted molar refractivity (Wildman–Crippen MR) is 81.1 cm³/mol. The summed E-state index contributed by atoms with van der Waals surface area (Å²) in [7, 11) is 0. The molecule has 0 fully saturated rings. The van der Waals surface area contributed by atoms with Crippen LogP contribution in [0.4, 0.5) is 5.69 Å². The molecule has 2 amide bonds. The van der Waals surface area contributed by atoms with Crippen molar-refractivity contribution in [2.45, 2.75) is 38.5 Å². The lowest BCUT2D eigenvalue weighted by Gasteiger charge is -2.16. The summed E-state index contributed by atoms with van der Waals surface area (Å²) in [6.07, 6.45) is 4.85. The minimum absolute atomic E-state index is 0.180. The number of carbonyl (C=O) groups excluding carboxylic acids is 2. The number of aryl methyl sites for hydroxylation is 1. The summed E-state index contributed by atoms with van der Waals surface area (Å²) in [6, 6.07) is 5.53. The van der Waals surface area contributed by atoms with Gasteiger partial charge in [-0.25, -0.2) is 4.90 Å². The van der Waals surface area contributed by atoms with Crippen LogP contribution in [-0.4, -0.2) is 22.7 Å². The number of rotatable bonds is 1. The van der Waals surface area contributed by atoms with Gasteiger partial charge < -0.3 is 5.21 Å². The zero-order chi connectivity index (χ0) is 15.3. The van der Waals surface area contributed by atoms with E-state index in [1.165, 1.54) is 4.90 Å². The Bertz CT molecular complexity index is 733. The van der Waals surface area contributed by atoms with Crippen LogP contribution in [-0.2, 0) is 16.0 Å². The lowest BCUT2D eigenvalue weighted by atomic mass is 9.93. The third-order valence-corrected chi connectivity index (χ3v) is 4.80. The Morgan fingerprint density at radius 3 is 2.27 bits per heavy atom. The summed E-state index contributed by atoms with van der Waals surface area (Å²) in [5.74, 6) is -0.361. The molecule has 5 nitrogen and oxygen atoms in total. The quantitative estimate of drug-likeness (QED) is 0.492. The molecular formula is C17H16N2O3. The molecule has 5 heteroatoms. The molecule has 3 aliphatic rings. The number of oxime groups is 1. The summed E-state index contributed by atoms with van der Waals surface area (Å²) in [6.45, 7) is 0. The Kier molecular flexibility index (Phi) is 2.89. The van der Waals surface area contributed by atoms with Crippen molar-refractivity contribution in [2.75, 3.05) is 4.90 Å². The monoisotopic (exact) mass is 296 g/mol. The molecule has 0 saturated heterocycles. The van der Waals surface area contributed by atoms with Gasteiger partial charge in [0.05, 0.1) is 11.4 Å². The smallest absolute Gasteiger partial charge is 0.261 e. The van der Waals surface area contributed by atoms with Crippen LogP contribution in [0, 0.1) is 0 Å².